The van der Waals surface area contributed by atoms with Crippen molar-refractivity contribution < 1.29 is 4.74 Å². The summed E-state index contributed by atoms with van der Waals surface area (Å²) in [6, 6.07) is 4.40. The van der Waals surface area contributed by atoms with Crippen molar-refractivity contribution in [1.29, 1.82) is 0 Å². The lowest BCUT2D eigenvalue weighted by molar-refractivity contribution is 0.394. The molecule has 0 amide bonds. The van der Waals surface area contributed by atoms with E-state index in [9.17, 15) is 0 Å². The average Bonchev–Trinajstić information content (AvgIpc) is 2.92. The first-order valence-corrected chi connectivity index (χ1v) is 7.53. The molecule has 1 aliphatic carbocycles. The molecule has 2 N–H and O–H groups in total. The van der Waals surface area contributed by atoms with Gasteiger partial charge >= 0.3 is 0 Å². The second-order valence-electron chi connectivity index (χ2n) is 5.96. The molecule has 0 aliphatic heterocycles. The fourth-order valence-electron chi connectivity index (χ4n) is 3.24. The Kier molecular flexibility index (Phi) is 4.87. The molecule has 1 saturated carbocycles. The van der Waals surface area contributed by atoms with Crippen molar-refractivity contribution >= 4 is 0 Å². The van der Waals surface area contributed by atoms with Gasteiger partial charge in [0.2, 0.25) is 0 Å². The lowest BCUT2D eigenvalue weighted by Crippen LogP contribution is -2.13. The molecule has 0 bridgehead atoms. The summed E-state index contributed by atoms with van der Waals surface area (Å²) in [5.74, 6) is 1.89. The molecular weight excluding hydrogens is 234 g/mol. The summed E-state index contributed by atoms with van der Waals surface area (Å²) in [5, 5.41) is 0. The van der Waals surface area contributed by atoms with Crippen molar-refractivity contribution in [1.82, 2.24) is 0 Å². The van der Waals surface area contributed by atoms with Crippen LogP contribution in [0.2, 0.25) is 0 Å². The van der Waals surface area contributed by atoms with E-state index in [1.165, 1.54) is 48.8 Å². The molecule has 1 aliphatic rings. The summed E-state index contributed by atoms with van der Waals surface area (Å²) in [5.41, 5.74) is 10.0. The smallest absolute Gasteiger partial charge is 0.126 e. The van der Waals surface area contributed by atoms with E-state index >= 15 is 0 Å². The van der Waals surface area contributed by atoms with E-state index in [0.29, 0.717) is 0 Å². The fourth-order valence-corrected chi connectivity index (χ4v) is 3.24. The van der Waals surface area contributed by atoms with Crippen LogP contribution < -0.4 is 10.5 Å². The molecule has 106 valence electrons. The number of nitrogens with two attached hydrogens (primary N) is 1. The van der Waals surface area contributed by atoms with Crippen molar-refractivity contribution in [3.8, 4) is 5.75 Å². The SMILES string of the molecule is COc1c(C(N)CCC2CCCC2)ccc(C)c1C. The zero-order chi connectivity index (χ0) is 13.8. The van der Waals surface area contributed by atoms with Gasteiger partial charge in [0, 0.05) is 11.6 Å². The highest BCUT2D eigenvalue weighted by Gasteiger charge is 2.19. The minimum absolute atomic E-state index is 0.106. The minimum Gasteiger partial charge on any atom is -0.496 e. The summed E-state index contributed by atoms with van der Waals surface area (Å²) in [6.07, 6.45) is 7.95. The van der Waals surface area contributed by atoms with Gasteiger partial charge < -0.3 is 10.5 Å². The first kappa shape index (κ1) is 14.4. The van der Waals surface area contributed by atoms with Crippen molar-refractivity contribution in [3.63, 3.8) is 0 Å². The van der Waals surface area contributed by atoms with Crippen molar-refractivity contribution in [3.05, 3.63) is 28.8 Å². The van der Waals surface area contributed by atoms with Gasteiger partial charge in [-0.1, -0.05) is 37.8 Å². The van der Waals surface area contributed by atoms with Crippen LogP contribution in [-0.2, 0) is 0 Å². The normalized spacial score (nSPS) is 17.7. The number of hydrogen-bond acceptors (Lipinski definition) is 2. The number of methoxy groups -OCH3 is 1. The summed E-state index contributed by atoms with van der Waals surface area (Å²) < 4.78 is 5.57. The van der Waals surface area contributed by atoms with Crippen LogP contribution in [0.15, 0.2) is 12.1 Å². The quantitative estimate of drug-likeness (QED) is 0.858. The third kappa shape index (κ3) is 3.30. The molecule has 0 radical (unpaired) electrons. The highest BCUT2D eigenvalue weighted by atomic mass is 16.5. The van der Waals surface area contributed by atoms with E-state index in [2.05, 4.69) is 26.0 Å². The molecule has 1 fully saturated rings. The van der Waals surface area contributed by atoms with Gasteiger partial charge in [0.15, 0.2) is 0 Å². The highest BCUT2D eigenvalue weighted by molar-refractivity contribution is 5.46. The molecule has 0 spiro atoms. The van der Waals surface area contributed by atoms with E-state index < -0.39 is 0 Å². The minimum atomic E-state index is 0.106. The number of benzene rings is 1. The molecule has 2 nitrogen and oxygen atoms in total. The maximum absolute atomic E-state index is 6.39. The van der Waals surface area contributed by atoms with Gasteiger partial charge in [-0.2, -0.15) is 0 Å². The summed E-state index contributed by atoms with van der Waals surface area (Å²) in [4.78, 5) is 0. The summed E-state index contributed by atoms with van der Waals surface area (Å²) in [6.45, 7) is 4.23. The Morgan fingerprint density at radius 3 is 2.58 bits per heavy atom. The first-order chi connectivity index (χ1) is 9.13. The molecule has 2 rings (SSSR count). The third-order valence-electron chi connectivity index (χ3n) is 4.67. The molecular formula is C17H27NO. The number of hydrogen-bond donors (Lipinski definition) is 1. The lowest BCUT2D eigenvalue weighted by Gasteiger charge is -2.20. The second kappa shape index (κ2) is 6.42. The predicted molar refractivity (Wildman–Crippen MR) is 80.6 cm³/mol. The van der Waals surface area contributed by atoms with Gasteiger partial charge in [-0.05, 0) is 43.7 Å². The van der Waals surface area contributed by atoms with Gasteiger partial charge in [0.1, 0.15) is 5.75 Å². The molecule has 1 unspecified atom stereocenters. The Bertz CT molecular complexity index is 422. The molecule has 1 atom stereocenters. The average molecular weight is 261 g/mol. The van der Waals surface area contributed by atoms with E-state index in [4.69, 9.17) is 10.5 Å². The molecule has 0 heterocycles. The molecule has 0 saturated heterocycles. The van der Waals surface area contributed by atoms with Crippen LogP contribution in [0.5, 0.6) is 5.75 Å². The Labute approximate surface area is 117 Å². The molecule has 1 aromatic rings. The van der Waals surface area contributed by atoms with E-state index in [-0.39, 0.29) is 6.04 Å². The monoisotopic (exact) mass is 261 g/mol. The van der Waals surface area contributed by atoms with Gasteiger partial charge in [-0.15, -0.1) is 0 Å². The standard InChI is InChI=1S/C17H27NO/c1-12-8-10-15(17(19-3)13(12)2)16(18)11-9-14-6-4-5-7-14/h8,10,14,16H,4-7,9,11,18H2,1-3H3. The largest absolute Gasteiger partial charge is 0.496 e. The number of rotatable bonds is 5. The summed E-state index contributed by atoms with van der Waals surface area (Å²) in [7, 11) is 1.75. The first-order valence-electron chi connectivity index (χ1n) is 7.53. The highest BCUT2D eigenvalue weighted by Crippen LogP contribution is 2.35. The van der Waals surface area contributed by atoms with Crippen LogP contribution in [0.4, 0.5) is 0 Å². The van der Waals surface area contributed by atoms with Crippen LogP contribution >= 0.6 is 0 Å². The van der Waals surface area contributed by atoms with E-state index in [1.807, 2.05) is 0 Å². The van der Waals surface area contributed by atoms with E-state index in [0.717, 1.165) is 18.1 Å². The van der Waals surface area contributed by atoms with Crippen LogP contribution in [0.1, 0.15) is 61.3 Å². The molecule has 2 heteroatoms. The topological polar surface area (TPSA) is 35.2 Å². The van der Waals surface area contributed by atoms with E-state index in [1.54, 1.807) is 7.11 Å². The third-order valence-corrected chi connectivity index (χ3v) is 4.67. The number of aryl methyl sites for hydroxylation is 1. The molecule has 1 aromatic carbocycles. The van der Waals surface area contributed by atoms with Crippen LogP contribution in [-0.4, -0.2) is 7.11 Å². The Morgan fingerprint density at radius 2 is 1.95 bits per heavy atom. The van der Waals surface area contributed by atoms with Gasteiger partial charge in [-0.25, -0.2) is 0 Å². The van der Waals surface area contributed by atoms with Gasteiger partial charge in [-0.3, -0.25) is 0 Å². The van der Waals surface area contributed by atoms with Crippen LogP contribution in [0.25, 0.3) is 0 Å². The zero-order valence-corrected chi connectivity index (χ0v) is 12.5. The second-order valence-corrected chi connectivity index (χ2v) is 5.96. The Hall–Kier alpha value is -1.02. The van der Waals surface area contributed by atoms with Crippen molar-refractivity contribution in [2.24, 2.45) is 11.7 Å². The maximum Gasteiger partial charge on any atom is 0.126 e. The number of ether oxygens (including phenoxy) is 1. The van der Waals surface area contributed by atoms with Gasteiger partial charge in [0.25, 0.3) is 0 Å². The van der Waals surface area contributed by atoms with Crippen LogP contribution in [0.3, 0.4) is 0 Å². The summed E-state index contributed by atoms with van der Waals surface area (Å²) >= 11 is 0. The van der Waals surface area contributed by atoms with Gasteiger partial charge in [0.05, 0.1) is 7.11 Å². The fraction of sp³-hybridized carbons (Fsp3) is 0.647. The molecule has 0 aromatic heterocycles. The lowest BCUT2D eigenvalue weighted by atomic mass is 9.93. The predicted octanol–water partition coefficient (Wildman–Crippen LogP) is 4.28. The Morgan fingerprint density at radius 1 is 1.26 bits per heavy atom. The maximum atomic E-state index is 6.39. The Balaban J connectivity index is 2.05. The van der Waals surface area contributed by atoms with Crippen molar-refractivity contribution in [2.75, 3.05) is 7.11 Å². The zero-order valence-electron chi connectivity index (χ0n) is 12.5. The van der Waals surface area contributed by atoms with Crippen LogP contribution in [0, 0.1) is 19.8 Å². The van der Waals surface area contributed by atoms with Crippen molar-refractivity contribution in [2.45, 2.75) is 58.4 Å². The molecule has 19 heavy (non-hydrogen) atoms.